The van der Waals surface area contributed by atoms with Crippen LogP contribution in [-0.4, -0.2) is 4.98 Å². The first-order valence-corrected chi connectivity index (χ1v) is 6.45. The van der Waals surface area contributed by atoms with Crippen LogP contribution < -0.4 is 5.32 Å². The summed E-state index contributed by atoms with van der Waals surface area (Å²) in [5, 5.41) is 3.99. The summed E-state index contributed by atoms with van der Waals surface area (Å²) in [4.78, 5) is 3.96. The fourth-order valence-electron chi connectivity index (χ4n) is 1.58. The van der Waals surface area contributed by atoms with E-state index >= 15 is 0 Å². The average Bonchev–Trinajstić information content (AvgIpc) is 2.32. The first kappa shape index (κ1) is 12.4. The molecule has 2 nitrogen and oxygen atoms in total. The minimum atomic E-state index is 0.187. The molecule has 2 aromatic rings. The van der Waals surface area contributed by atoms with Crippen molar-refractivity contribution in [3.63, 3.8) is 0 Å². The van der Waals surface area contributed by atoms with Gasteiger partial charge in [-0.25, -0.2) is 0 Å². The van der Waals surface area contributed by atoms with Crippen molar-refractivity contribution >= 4 is 33.2 Å². The second kappa shape index (κ2) is 5.52. The number of hydrogen-bond acceptors (Lipinski definition) is 2. The summed E-state index contributed by atoms with van der Waals surface area (Å²) < 4.78 is 1.07. The van der Waals surface area contributed by atoms with Gasteiger partial charge in [-0.2, -0.15) is 0 Å². The van der Waals surface area contributed by atoms with Gasteiger partial charge in [-0.3, -0.25) is 4.98 Å². The van der Waals surface area contributed by atoms with E-state index in [0.717, 1.165) is 10.2 Å². The number of nitrogens with one attached hydrogen (secondary N) is 1. The fraction of sp³-hybridized carbons (Fsp3) is 0.154. The second-order valence-corrected chi connectivity index (χ2v) is 5.10. The summed E-state index contributed by atoms with van der Waals surface area (Å²) >= 11 is 9.52. The molecule has 17 heavy (non-hydrogen) atoms. The molecule has 0 fully saturated rings. The van der Waals surface area contributed by atoms with Crippen molar-refractivity contribution < 1.29 is 0 Å². The number of pyridine rings is 1. The fourth-order valence-corrected chi connectivity index (χ4v) is 2.18. The number of benzene rings is 1. The Hall–Kier alpha value is -1.06. The molecule has 0 saturated carbocycles. The van der Waals surface area contributed by atoms with E-state index in [1.807, 2.05) is 18.2 Å². The number of rotatable bonds is 3. The largest absolute Gasteiger partial charge is 0.377 e. The van der Waals surface area contributed by atoms with Gasteiger partial charge >= 0.3 is 0 Å². The summed E-state index contributed by atoms with van der Waals surface area (Å²) in [7, 11) is 0. The Morgan fingerprint density at radius 1 is 1.35 bits per heavy atom. The molecule has 1 aromatic heterocycles. The predicted molar refractivity (Wildman–Crippen MR) is 75.4 cm³/mol. The lowest BCUT2D eigenvalue weighted by Gasteiger charge is -2.16. The predicted octanol–water partition coefficient (Wildman–Crippen LogP) is 4.67. The molecular formula is C13H12BrClN2. The lowest BCUT2D eigenvalue weighted by atomic mass is 10.1. The van der Waals surface area contributed by atoms with E-state index in [1.54, 1.807) is 12.4 Å². The van der Waals surface area contributed by atoms with Gasteiger partial charge in [-0.1, -0.05) is 39.7 Å². The summed E-state index contributed by atoms with van der Waals surface area (Å²) in [5.74, 6) is 0. The molecule has 0 bridgehead atoms. The molecule has 0 radical (unpaired) electrons. The summed E-state index contributed by atoms with van der Waals surface area (Å²) in [6, 6.07) is 10.3. The molecular weight excluding hydrogens is 300 g/mol. The Bertz CT molecular complexity index is 516. The zero-order chi connectivity index (χ0) is 12.3. The maximum atomic E-state index is 6.05. The van der Waals surface area contributed by atoms with Crippen molar-refractivity contribution in [2.45, 2.75) is 13.0 Å². The monoisotopic (exact) mass is 310 g/mol. The van der Waals surface area contributed by atoms with Gasteiger partial charge < -0.3 is 5.32 Å². The van der Waals surface area contributed by atoms with Gasteiger partial charge in [0.2, 0.25) is 0 Å². The molecule has 0 spiro atoms. The molecule has 1 N–H and O–H groups in total. The highest BCUT2D eigenvalue weighted by atomic mass is 79.9. The lowest BCUT2D eigenvalue weighted by Crippen LogP contribution is -2.06. The summed E-state index contributed by atoms with van der Waals surface area (Å²) in [6.07, 6.45) is 3.36. The van der Waals surface area contributed by atoms with E-state index in [1.165, 1.54) is 5.56 Å². The van der Waals surface area contributed by atoms with Crippen LogP contribution in [0.25, 0.3) is 0 Å². The van der Waals surface area contributed by atoms with E-state index in [2.05, 4.69) is 45.3 Å². The van der Waals surface area contributed by atoms with Crippen LogP contribution in [0.15, 0.2) is 47.2 Å². The molecule has 1 aromatic carbocycles. The van der Waals surface area contributed by atoms with E-state index in [0.29, 0.717) is 5.02 Å². The molecule has 1 atom stereocenters. The highest BCUT2D eigenvalue weighted by Gasteiger charge is 2.07. The van der Waals surface area contributed by atoms with Crippen LogP contribution in [0.3, 0.4) is 0 Å². The minimum absolute atomic E-state index is 0.187. The average molecular weight is 312 g/mol. The first-order valence-electron chi connectivity index (χ1n) is 5.28. The normalized spacial score (nSPS) is 12.2. The van der Waals surface area contributed by atoms with Crippen molar-refractivity contribution in [3.05, 3.63) is 57.8 Å². The standard InChI is InChI=1S/C13H12BrClN2/c1-9(10-3-2-4-11(14)7-10)17-13-5-6-16-8-12(13)15/h2-9H,1H3,(H,16,17). The summed E-state index contributed by atoms with van der Waals surface area (Å²) in [5.41, 5.74) is 2.10. The second-order valence-electron chi connectivity index (χ2n) is 3.78. The molecule has 1 heterocycles. The Morgan fingerprint density at radius 3 is 2.88 bits per heavy atom. The number of anilines is 1. The topological polar surface area (TPSA) is 24.9 Å². The van der Waals surface area contributed by atoms with Crippen molar-refractivity contribution in [3.8, 4) is 0 Å². The Labute approximate surface area is 114 Å². The highest BCUT2D eigenvalue weighted by Crippen LogP contribution is 2.26. The van der Waals surface area contributed by atoms with Crippen LogP contribution in [0, 0.1) is 0 Å². The Morgan fingerprint density at radius 2 is 2.18 bits per heavy atom. The van der Waals surface area contributed by atoms with Gasteiger partial charge in [0.05, 0.1) is 10.7 Å². The SMILES string of the molecule is CC(Nc1ccncc1Cl)c1cccc(Br)c1. The van der Waals surface area contributed by atoms with Crippen molar-refractivity contribution in [1.29, 1.82) is 0 Å². The molecule has 0 aliphatic carbocycles. The number of hydrogen-bond donors (Lipinski definition) is 1. The first-order chi connectivity index (χ1) is 8.16. The molecule has 1 unspecified atom stereocenters. The maximum Gasteiger partial charge on any atom is 0.0820 e. The van der Waals surface area contributed by atoms with Crippen LogP contribution in [0.2, 0.25) is 5.02 Å². The Balaban J connectivity index is 2.17. The third-order valence-electron chi connectivity index (χ3n) is 2.49. The van der Waals surface area contributed by atoms with Crippen LogP contribution >= 0.6 is 27.5 Å². The van der Waals surface area contributed by atoms with Gasteiger partial charge in [0.25, 0.3) is 0 Å². The van der Waals surface area contributed by atoms with E-state index in [-0.39, 0.29) is 6.04 Å². The molecule has 2 rings (SSSR count). The van der Waals surface area contributed by atoms with E-state index in [4.69, 9.17) is 11.6 Å². The smallest absolute Gasteiger partial charge is 0.0820 e. The molecule has 0 aliphatic heterocycles. The quantitative estimate of drug-likeness (QED) is 0.891. The van der Waals surface area contributed by atoms with Crippen LogP contribution in [0.5, 0.6) is 0 Å². The van der Waals surface area contributed by atoms with Gasteiger partial charge in [-0.15, -0.1) is 0 Å². The zero-order valence-electron chi connectivity index (χ0n) is 9.32. The minimum Gasteiger partial charge on any atom is -0.377 e. The van der Waals surface area contributed by atoms with Crippen LogP contribution in [0.1, 0.15) is 18.5 Å². The van der Waals surface area contributed by atoms with Gasteiger partial charge in [-0.05, 0) is 30.7 Å². The zero-order valence-corrected chi connectivity index (χ0v) is 11.7. The van der Waals surface area contributed by atoms with Crippen molar-refractivity contribution in [2.75, 3.05) is 5.32 Å². The van der Waals surface area contributed by atoms with Crippen LogP contribution in [-0.2, 0) is 0 Å². The molecule has 4 heteroatoms. The summed E-state index contributed by atoms with van der Waals surface area (Å²) in [6.45, 7) is 2.10. The van der Waals surface area contributed by atoms with E-state index < -0.39 is 0 Å². The van der Waals surface area contributed by atoms with Crippen molar-refractivity contribution in [1.82, 2.24) is 4.98 Å². The molecule has 88 valence electrons. The van der Waals surface area contributed by atoms with Crippen molar-refractivity contribution in [2.24, 2.45) is 0 Å². The third-order valence-corrected chi connectivity index (χ3v) is 3.29. The van der Waals surface area contributed by atoms with Crippen LogP contribution in [0.4, 0.5) is 5.69 Å². The number of aromatic nitrogens is 1. The van der Waals surface area contributed by atoms with Gasteiger partial charge in [0, 0.05) is 22.9 Å². The van der Waals surface area contributed by atoms with E-state index in [9.17, 15) is 0 Å². The third kappa shape index (κ3) is 3.20. The number of halogens is 2. The lowest BCUT2D eigenvalue weighted by molar-refractivity contribution is 0.883. The molecule has 0 saturated heterocycles. The number of nitrogens with zero attached hydrogens (tertiary/aromatic N) is 1. The maximum absolute atomic E-state index is 6.05. The van der Waals surface area contributed by atoms with Gasteiger partial charge in [0.1, 0.15) is 0 Å². The Kier molecular flexibility index (Phi) is 4.02. The molecule has 0 amide bonds. The molecule has 0 aliphatic rings. The highest BCUT2D eigenvalue weighted by molar-refractivity contribution is 9.10. The van der Waals surface area contributed by atoms with Gasteiger partial charge in [0.15, 0.2) is 0 Å².